The van der Waals surface area contributed by atoms with E-state index in [0.29, 0.717) is 29.4 Å². The van der Waals surface area contributed by atoms with Crippen molar-refractivity contribution in [2.45, 2.75) is 50.0 Å². The first-order valence-electron chi connectivity index (χ1n) is 10.3. The molecule has 11 heteroatoms. The number of nitrogens with one attached hydrogen (secondary N) is 1. The zero-order valence-electron chi connectivity index (χ0n) is 17.2. The van der Waals surface area contributed by atoms with Crippen LogP contribution in [0.5, 0.6) is 5.75 Å². The van der Waals surface area contributed by atoms with Crippen molar-refractivity contribution >= 4 is 5.82 Å². The maximum Gasteiger partial charge on any atom is 0.470 e. The summed E-state index contributed by atoms with van der Waals surface area (Å²) in [5.41, 5.74) is 1.00. The fraction of sp³-hybridized carbons (Fsp3) is 0.429. The predicted octanol–water partition coefficient (Wildman–Crippen LogP) is 3.64. The van der Waals surface area contributed by atoms with E-state index in [9.17, 15) is 18.3 Å². The summed E-state index contributed by atoms with van der Waals surface area (Å²) in [5, 5.41) is 29.0. The number of rotatable bonds is 4. The van der Waals surface area contributed by atoms with E-state index in [1.807, 2.05) is 13.1 Å². The fourth-order valence-corrected chi connectivity index (χ4v) is 4.52. The van der Waals surface area contributed by atoms with Gasteiger partial charge in [-0.1, -0.05) is 0 Å². The number of piperidine rings is 1. The third kappa shape index (κ3) is 3.88. The minimum absolute atomic E-state index is 0.166. The average molecular weight is 446 g/mol. The van der Waals surface area contributed by atoms with E-state index >= 15 is 0 Å². The van der Waals surface area contributed by atoms with Gasteiger partial charge in [0.2, 0.25) is 5.89 Å². The Labute approximate surface area is 181 Å². The molecule has 2 fully saturated rings. The Bertz CT molecular complexity index is 1110. The number of nitrogens with zero attached hydrogens (tertiary/aromatic N) is 5. The van der Waals surface area contributed by atoms with Gasteiger partial charge in [-0.25, -0.2) is 0 Å². The van der Waals surface area contributed by atoms with E-state index in [0.717, 1.165) is 18.7 Å². The van der Waals surface area contributed by atoms with Crippen LogP contribution in [0.4, 0.5) is 19.0 Å². The Balaban J connectivity index is 1.33. The molecule has 2 saturated heterocycles. The standard InChI is InChI=1S/C21H21F3N6O2/c1-30(14-9-12-3-4-13(10-14)25-12)18-7-6-16(26-27-18)15-5-2-11(8-17(15)31)19-28-29-20(32-19)21(22,23)24/h2,5-8,12-14,25,31H,3-4,9-10H2,1H3/t12-,13+,14+. The van der Waals surface area contributed by atoms with E-state index in [4.69, 9.17) is 0 Å². The summed E-state index contributed by atoms with van der Waals surface area (Å²) in [4.78, 5) is 2.15. The van der Waals surface area contributed by atoms with Crippen molar-refractivity contribution in [1.29, 1.82) is 0 Å². The van der Waals surface area contributed by atoms with Crippen molar-refractivity contribution in [1.82, 2.24) is 25.7 Å². The number of phenolic OH excluding ortho intramolecular Hbond substituents is 1. The van der Waals surface area contributed by atoms with Crippen molar-refractivity contribution in [2.75, 3.05) is 11.9 Å². The lowest BCUT2D eigenvalue weighted by molar-refractivity contribution is -0.156. The zero-order valence-corrected chi connectivity index (χ0v) is 17.2. The summed E-state index contributed by atoms with van der Waals surface area (Å²) in [5.74, 6) is -1.21. The maximum atomic E-state index is 12.7. The maximum absolute atomic E-state index is 12.7. The van der Waals surface area contributed by atoms with Gasteiger partial charge in [-0.15, -0.1) is 20.4 Å². The molecule has 1 aromatic carbocycles. The minimum Gasteiger partial charge on any atom is -0.507 e. The molecular formula is C21H21F3N6O2. The van der Waals surface area contributed by atoms with E-state index < -0.39 is 12.1 Å². The molecule has 0 radical (unpaired) electrons. The number of halogens is 3. The molecule has 5 rings (SSSR count). The van der Waals surface area contributed by atoms with Gasteiger partial charge < -0.3 is 19.7 Å². The second-order valence-electron chi connectivity index (χ2n) is 8.29. The molecule has 0 amide bonds. The van der Waals surface area contributed by atoms with Crippen LogP contribution in [0.2, 0.25) is 0 Å². The van der Waals surface area contributed by atoms with Gasteiger partial charge in [0.05, 0.1) is 5.69 Å². The SMILES string of the molecule is CN(c1ccc(-c2ccc(-c3nnc(C(F)(F)F)o3)cc2O)nn1)[C@H]1C[C@H]2CC[C@@H](C1)N2. The number of aromatic hydroxyl groups is 1. The Hall–Kier alpha value is -3.21. The van der Waals surface area contributed by atoms with Gasteiger partial charge in [0.1, 0.15) is 5.75 Å². The number of benzene rings is 1. The fourth-order valence-electron chi connectivity index (χ4n) is 4.52. The largest absolute Gasteiger partial charge is 0.507 e. The van der Waals surface area contributed by atoms with Crippen LogP contribution in [0.25, 0.3) is 22.7 Å². The summed E-state index contributed by atoms with van der Waals surface area (Å²) < 4.78 is 42.6. The van der Waals surface area contributed by atoms with Crippen molar-refractivity contribution in [3.8, 4) is 28.5 Å². The number of hydrogen-bond donors (Lipinski definition) is 2. The summed E-state index contributed by atoms with van der Waals surface area (Å²) >= 11 is 0. The molecule has 2 aliphatic heterocycles. The minimum atomic E-state index is -4.73. The number of hydrogen-bond acceptors (Lipinski definition) is 8. The smallest absolute Gasteiger partial charge is 0.470 e. The van der Waals surface area contributed by atoms with E-state index in [1.54, 1.807) is 6.07 Å². The first kappa shape index (κ1) is 20.7. The summed E-state index contributed by atoms with van der Waals surface area (Å²) in [6.07, 6.45) is -0.147. The van der Waals surface area contributed by atoms with Gasteiger partial charge in [-0.05, 0) is 56.0 Å². The zero-order chi connectivity index (χ0) is 22.5. The van der Waals surface area contributed by atoms with Gasteiger partial charge >= 0.3 is 12.1 Å². The monoisotopic (exact) mass is 446 g/mol. The molecule has 2 aliphatic rings. The van der Waals surface area contributed by atoms with Crippen molar-refractivity contribution in [3.63, 3.8) is 0 Å². The number of phenols is 1. The second kappa shape index (κ2) is 7.73. The van der Waals surface area contributed by atoms with Crippen LogP contribution in [0.3, 0.4) is 0 Å². The first-order chi connectivity index (χ1) is 15.3. The molecule has 0 saturated carbocycles. The first-order valence-corrected chi connectivity index (χ1v) is 10.3. The Morgan fingerprint density at radius 2 is 1.78 bits per heavy atom. The highest BCUT2D eigenvalue weighted by atomic mass is 19.4. The van der Waals surface area contributed by atoms with Crippen LogP contribution in [-0.4, -0.2) is 50.7 Å². The molecule has 8 nitrogen and oxygen atoms in total. The van der Waals surface area contributed by atoms with Crippen LogP contribution in [0, 0.1) is 0 Å². The Morgan fingerprint density at radius 3 is 2.38 bits per heavy atom. The number of fused-ring (bicyclic) bond motifs is 2. The lowest BCUT2D eigenvalue weighted by Crippen LogP contribution is -2.47. The topological polar surface area (TPSA) is 100 Å². The van der Waals surface area contributed by atoms with Crippen molar-refractivity contribution in [2.24, 2.45) is 0 Å². The van der Waals surface area contributed by atoms with Crippen molar-refractivity contribution < 1.29 is 22.7 Å². The quantitative estimate of drug-likeness (QED) is 0.627. The van der Waals surface area contributed by atoms with Crippen LogP contribution in [-0.2, 0) is 6.18 Å². The molecule has 32 heavy (non-hydrogen) atoms. The Kier molecular flexibility index (Phi) is 5.00. The molecule has 0 spiro atoms. The van der Waals surface area contributed by atoms with Gasteiger partial charge in [-0.3, -0.25) is 0 Å². The normalized spacial score (nSPS) is 22.8. The summed E-state index contributed by atoms with van der Waals surface area (Å²) in [7, 11) is 2.02. The number of alkyl halides is 3. The molecule has 2 aromatic heterocycles. The predicted molar refractivity (Wildman–Crippen MR) is 109 cm³/mol. The van der Waals surface area contributed by atoms with Crippen LogP contribution < -0.4 is 10.2 Å². The lowest BCUT2D eigenvalue weighted by atomic mass is 9.98. The highest BCUT2D eigenvalue weighted by Gasteiger charge is 2.38. The summed E-state index contributed by atoms with van der Waals surface area (Å²) in [6.45, 7) is 0. The van der Waals surface area contributed by atoms with Gasteiger partial charge in [0.25, 0.3) is 0 Å². The molecule has 0 aliphatic carbocycles. The molecule has 2 N–H and O–H groups in total. The highest BCUT2D eigenvalue weighted by Crippen LogP contribution is 2.35. The molecule has 168 valence electrons. The van der Waals surface area contributed by atoms with Gasteiger partial charge in [0, 0.05) is 36.3 Å². The van der Waals surface area contributed by atoms with Crippen LogP contribution in [0.15, 0.2) is 34.7 Å². The highest BCUT2D eigenvalue weighted by molar-refractivity contribution is 5.71. The van der Waals surface area contributed by atoms with E-state index in [-0.39, 0.29) is 17.2 Å². The van der Waals surface area contributed by atoms with Crippen molar-refractivity contribution in [3.05, 3.63) is 36.2 Å². The lowest BCUT2D eigenvalue weighted by Gasteiger charge is -2.36. The molecule has 3 aromatic rings. The number of aromatic nitrogens is 4. The molecule has 2 bridgehead atoms. The van der Waals surface area contributed by atoms with E-state index in [2.05, 4.69) is 35.0 Å². The van der Waals surface area contributed by atoms with Gasteiger partial charge in [0.15, 0.2) is 5.82 Å². The Morgan fingerprint density at radius 1 is 1.03 bits per heavy atom. The molecule has 4 heterocycles. The molecular weight excluding hydrogens is 425 g/mol. The van der Waals surface area contributed by atoms with E-state index in [1.165, 1.54) is 31.0 Å². The summed E-state index contributed by atoms with van der Waals surface area (Å²) in [6, 6.07) is 9.41. The number of anilines is 1. The molecule has 0 unspecified atom stereocenters. The molecule has 3 atom stereocenters. The van der Waals surface area contributed by atoms with Crippen LogP contribution >= 0.6 is 0 Å². The second-order valence-corrected chi connectivity index (χ2v) is 8.29. The third-order valence-corrected chi connectivity index (χ3v) is 6.20. The third-order valence-electron chi connectivity index (χ3n) is 6.20. The van der Waals surface area contributed by atoms with Crippen LogP contribution in [0.1, 0.15) is 31.6 Å². The average Bonchev–Trinajstić information content (AvgIpc) is 3.40. The van der Waals surface area contributed by atoms with Gasteiger partial charge in [-0.2, -0.15) is 13.2 Å².